The minimum absolute atomic E-state index is 0.140. The number of rotatable bonds is 5. The molecule has 1 amide bonds. The molecular formula is C13H17NO4. The second-order valence-electron chi connectivity index (χ2n) is 4.40. The van der Waals surface area contributed by atoms with Gasteiger partial charge in [0, 0.05) is 18.7 Å². The summed E-state index contributed by atoms with van der Waals surface area (Å²) < 4.78 is 10.4. The van der Waals surface area contributed by atoms with Gasteiger partial charge in [-0.25, -0.2) is 0 Å². The van der Waals surface area contributed by atoms with Crippen molar-refractivity contribution >= 4 is 5.91 Å². The van der Waals surface area contributed by atoms with Crippen LogP contribution in [0.25, 0.3) is 0 Å². The van der Waals surface area contributed by atoms with Crippen LogP contribution in [-0.2, 0) is 0 Å². The number of carbonyl (C=O) groups is 1. The molecule has 1 atom stereocenters. The van der Waals surface area contributed by atoms with Gasteiger partial charge in [-0.15, -0.1) is 0 Å². The Kier molecular flexibility index (Phi) is 4.04. The van der Waals surface area contributed by atoms with E-state index in [4.69, 9.17) is 14.6 Å². The zero-order valence-electron chi connectivity index (χ0n) is 10.3. The Bertz CT molecular complexity index is 433. The van der Waals surface area contributed by atoms with Gasteiger partial charge >= 0.3 is 0 Å². The molecule has 1 aromatic carbocycles. The molecule has 98 valence electrons. The molecule has 1 aliphatic rings. The van der Waals surface area contributed by atoms with E-state index in [1.807, 2.05) is 6.92 Å². The summed E-state index contributed by atoms with van der Waals surface area (Å²) in [4.78, 5) is 11.9. The first-order chi connectivity index (χ1) is 8.70. The van der Waals surface area contributed by atoms with E-state index in [-0.39, 0.29) is 25.2 Å². The number of hydrogen-bond donors (Lipinski definition) is 2. The van der Waals surface area contributed by atoms with Crippen molar-refractivity contribution in [3.05, 3.63) is 23.8 Å². The highest BCUT2D eigenvalue weighted by molar-refractivity contribution is 5.94. The lowest BCUT2D eigenvalue weighted by Gasteiger charge is -2.11. The molecule has 0 saturated heterocycles. The van der Waals surface area contributed by atoms with E-state index >= 15 is 0 Å². The van der Waals surface area contributed by atoms with E-state index in [1.165, 1.54) is 0 Å². The van der Waals surface area contributed by atoms with Crippen molar-refractivity contribution in [2.24, 2.45) is 5.92 Å². The zero-order valence-corrected chi connectivity index (χ0v) is 10.3. The van der Waals surface area contributed by atoms with Crippen molar-refractivity contribution in [3.8, 4) is 11.5 Å². The van der Waals surface area contributed by atoms with Gasteiger partial charge in [-0.1, -0.05) is 6.92 Å². The first kappa shape index (κ1) is 12.7. The SMILES string of the molecule is CC(CCO)CNC(=O)c1ccc2c(c1)OCO2. The van der Waals surface area contributed by atoms with Crippen molar-refractivity contribution in [2.75, 3.05) is 19.9 Å². The van der Waals surface area contributed by atoms with Gasteiger partial charge in [0.2, 0.25) is 6.79 Å². The molecule has 5 heteroatoms. The number of ether oxygens (including phenoxy) is 2. The Morgan fingerprint density at radius 1 is 1.44 bits per heavy atom. The third-order valence-corrected chi connectivity index (χ3v) is 2.87. The third-order valence-electron chi connectivity index (χ3n) is 2.87. The number of aliphatic hydroxyl groups is 1. The second kappa shape index (κ2) is 5.73. The molecule has 1 unspecified atom stereocenters. The molecule has 0 bridgehead atoms. The largest absolute Gasteiger partial charge is 0.454 e. The third kappa shape index (κ3) is 2.92. The number of carbonyl (C=O) groups excluding carboxylic acids is 1. The van der Waals surface area contributed by atoms with E-state index in [2.05, 4.69) is 5.32 Å². The molecule has 0 aliphatic carbocycles. The molecule has 18 heavy (non-hydrogen) atoms. The summed E-state index contributed by atoms with van der Waals surface area (Å²) in [6.07, 6.45) is 0.682. The summed E-state index contributed by atoms with van der Waals surface area (Å²) >= 11 is 0. The smallest absolute Gasteiger partial charge is 0.251 e. The molecule has 0 fully saturated rings. The van der Waals surface area contributed by atoms with Crippen molar-refractivity contribution < 1.29 is 19.4 Å². The molecule has 0 aromatic heterocycles. The average molecular weight is 251 g/mol. The number of amides is 1. The molecule has 1 aromatic rings. The highest BCUT2D eigenvalue weighted by Gasteiger charge is 2.16. The predicted octanol–water partition coefficient (Wildman–Crippen LogP) is 1.16. The fraction of sp³-hybridized carbons (Fsp3) is 0.462. The van der Waals surface area contributed by atoms with Crippen LogP contribution in [0, 0.1) is 5.92 Å². The van der Waals surface area contributed by atoms with Crippen LogP contribution in [0.3, 0.4) is 0 Å². The van der Waals surface area contributed by atoms with Crippen LogP contribution >= 0.6 is 0 Å². The molecule has 2 rings (SSSR count). The first-order valence-corrected chi connectivity index (χ1v) is 5.99. The summed E-state index contributed by atoms with van der Waals surface area (Å²) in [5, 5.41) is 11.6. The summed E-state index contributed by atoms with van der Waals surface area (Å²) in [5.41, 5.74) is 0.551. The molecule has 0 spiro atoms. The van der Waals surface area contributed by atoms with Gasteiger partial charge in [0.15, 0.2) is 11.5 Å². The van der Waals surface area contributed by atoms with Gasteiger partial charge in [-0.2, -0.15) is 0 Å². The highest BCUT2D eigenvalue weighted by Crippen LogP contribution is 2.32. The maximum absolute atomic E-state index is 11.9. The quantitative estimate of drug-likeness (QED) is 0.824. The molecule has 0 radical (unpaired) electrons. The lowest BCUT2D eigenvalue weighted by atomic mass is 10.1. The second-order valence-corrected chi connectivity index (χ2v) is 4.40. The van der Waals surface area contributed by atoms with Crippen LogP contribution in [0.15, 0.2) is 18.2 Å². The van der Waals surface area contributed by atoms with E-state index < -0.39 is 0 Å². The van der Waals surface area contributed by atoms with Crippen LogP contribution in [0.4, 0.5) is 0 Å². The van der Waals surface area contributed by atoms with Crippen molar-refractivity contribution in [3.63, 3.8) is 0 Å². The molecular weight excluding hydrogens is 234 g/mol. The fourth-order valence-electron chi connectivity index (χ4n) is 1.73. The average Bonchev–Trinajstić information content (AvgIpc) is 2.83. The maximum atomic E-state index is 11.9. The molecule has 5 nitrogen and oxygen atoms in total. The topological polar surface area (TPSA) is 67.8 Å². The lowest BCUT2D eigenvalue weighted by molar-refractivity contribution is 0.0945. The summed E-state index contributed by atoms with van der Waals surface area (Å²) in [6, 6.07) is 5.11. The Morgan fingerprint density at radius 2 is 2.22 bits per heavy atom. The summed E-state index contributed by atoms with van der Waals surface area (Å²) in [5.74, 6) is 1.39. The lowest BCUT2D eigenvalue weighted by Crippen LogP contribution is -2.28. The zero-order chi connectivity index (χ0) is 13.0. The van der Waals surface area contributed by atoms with Crippen LogP contribution in [-0.4, -0.2) is 31.0 Å². The summed E-state index contributed by atoms with van der Waals surface area (Å²) in [6.45, 7) is 2.87. The minimum atomic E-state index is -0.141. The minimum Gasteiger partial charge on any atom is -0.454 e. The molecule has 2 N–H and O–H groups in total. The van der Waals surface area contributed by atoms with Gasteiger partial charge in [0.25, 0.3) is 5.91 Å². The maximum Gasteiger partial charge on any atom is 0.251 e. The number of hydrogen-bond acceptors (Lipinski definition) is 4. The van der Waals surface area contributed by atoms with E-state index in [1.54, 1.807) is 18.2 Å². The van der Waals surface area contributed by atoms with Crippen molar-refractivity contribution in [2.45, 2.75) is 13.3 Å². The van der Waals surface area contributed by atoms with E-state index in [0.717, 1.165) is 0 Å². The Hall–Kier alpha value is -1.75. The standard InChI is InChI=1S/C13H17NO4/c1-9(4-5-15)7-14-13(16)10-2-3-11-12(6-10)18-8-17-11/h2-3,6,9,15H,4-5,7-8H2,1H3,(H,14,16). The van der Waals surface area contributed by atoms with Crippen LogP contribution in [0.2, 0.25) is 0 Å². The highest BCUT2D eigenvalue weighted by atomic mass is 16.7. The molecule has 1 heterocycles. The van der Waals surface area contributed by atoms with Crippen LogP contribution in [0.1, 0.15) is 23.7 Å². The number of aliphatic hydroxyl groups excluding tert-OH is 1. The predicted molar refractivity (Wildman–Crippen MR) is 65.8 cm³/mol. The van der Waals surface area contributed by atoms with Crippen LogP contribution in [0.5, 0.6) is 11.5 Å². The number of benzene rings is 1. The Labute approximate surface area is 106 Å². The molecule has 0 saturated carbocycles. The van der Waals surface area contributed by atoms with Crippen LogP contribution < -0.4 is 14.8 Å². The van der Waals surface area contributed by atoms with Crippen molar-refractivity contribution in [1.82, 2.24) is 5.32 Å². The molecule has 1 aliphatic heterocycles. The normalized spacial score (nSPS) is 14.3. The van der Waals surface area contributed by atoms with Gasteiger partial charge in [-0.05, 0) is 30.5 Å². The van der Waals surface area contributed by atoms with Gasteiger partial charge in [0.1, 0.15) is 0 Å². The van der Waals surface area contributed by atoms with Gasteiger partial charge < -0.3 is 19.9 Å². The Balaban J connectivity index is 1.93. The Morgan fingerprint density at radius 3 is 3.00 bits per heavy atom. The van der Waals surface area contributed by atoms with E-state index in [0.29, 0.717) is 30.0 Å². The van der Waals surface area contributed by atoms with Gasteiger partial charge in [-0.3, -0.25) is 4.79 Å². The first-order valence-electron chi connectivity index (χ1n) is 5.99. The fourth-order valence-corrected chi connectivity index (χ4v) is 1.73. The monoisotopic (exact) mass is 251 g/mol. The van der Waals surface area contributed by atoms with Gasteiger partial charge in [0.05, 0.1) is 0 Å². The van der Waals surface area contributed by atoms with E-state index in [9.17, 15) is 4.79 Å². The number of fused-ring (bicyclic) bond motifs is 1. The summed E-state index contributed by atoms with van der Waals surface area (Å²) in [7, 11) is 0. The number of nitrogens with one attached hydrogen (secondary N) is 1. The van der Waals surface area contributed by atoms with Crippen molar-refractivity contribution in [1.29, 1.82) is 0 Å².